The molecule has 0 saturated heterocycles. The Hall–Kier alpha value is -1.79. The number of carbonyl (C=O) groups excluding carboxylic acids is 2. The number of aliphatic carboxylic acids is 1. The summed E-state index contributed by atoms with van der Waals surface area (Å²) in [6.07, 6.45) is 1.15. The van der Waals surface area contributed by atoms with E-state index < -0.39 is 23.3 Å². The molecule has 4 N–H and O–H groups in total. The Morgan fingerprint density at radius 2 is 1.86 bits per heavy atom. The third kappa shape index (κ3) is 4.09. The lowest BCUT2D eigenvalue weighted by atomic mass is 9.61. The second-order valence-corrected chi connectivity index (χ2v) is 6.18. The van der Waals surface area contributed by atoms with Gasteiger partial charge in [-0.15, -0.1) is 0 Å². The molecule has 1 fully saturated rings. The second kappa shape index (κ2) is 6.78. The lowest BCUT2D eigenvalue weighted by Crippen LogP contribution is -2.54. The average molecular weight is 299 g/mol. The molecule has 1 aliphatic carbocycles. The fraction of sp³-hybridized carbons (Fsp3) is 0.786. The first-order chi connectivity index (χ1) is 9.70. The Bertz CT molecular complexity index is 422. The lowest BCUT2D eigenvalue weighted by molar-refractivity contribution is -0.150. The van der Waals surface area contributed by atoms with Crippen molar-refractivity contribution in [1.29, 1.82) is 0 Å². The highest BCUT2D eigenvalue weighted by molar-refractivity contribution is 5.83. The highest BCUT2D eigenvalue weighted by Gasteiger charge is 2.46. The summed E-state index contributed by atoms with van der Waals surface area (Å²) in [5, 5.41) is 17.0. The van der Waals surface area contributed by atoms with E-state index in [9.17, 15) is 19.5 Å². The Kier molecular flexibility index (Phi) is 5.57. The van der Waals surface area contributed by atoms with Crippen LogP contribution in [0.4, 0.5) is 4.79 Å². The van der Waals surface area contributed by atoms with Crippen LogP contribution in [0.15, 0.2) is 0 Å². The molecule has 7 nitrogen and oxygen atoms in total. The van der Waals surface area contributed by atoms with Gasteiger partial charge in [-0.1, -0.05) is 20.8 Å². The van der Waals surface area contributed by atoms with Gasteiger partial charge in [-0.05, 0) is 24.2 Å². The molecule has 120 valence electrons. The number of hydrogen-bond acceptors (Lipinski definition) is 3. The van der Waals surface area contributed by atoms with Crippen LogP contribution in [0.5, 0.6) is 0 Å². The number of nitrogens with one attached hydrogen (secondary N) is 3. The number of rotatable bonds is 4. The number of hydrogen-bond donors (Lipinski definition) is 4. The molecular weight excluding hydrogens is 274 g/mol. The van der Waals surface area contributed by atoms with Crippen molar-refractivity contribution in [3.63, 3.8) is 0 Å². The van der Waals surface area contributed by atoms with E-state index in [1.165, 1.54) is 7.05 Å². The quantitative estimate of drug-likeness (QED) is 0.608. The van der Waals surface area contributed by atoms with E-state index in [-0.39, 0.29) is 24.4 Å². The molecule has 1 aliphatic rings. The first-order valence-electron chi connectivity index (χ1n) is 7.17. The molecule has 1 rings (SSSR count). The lowest BCUT2D eigenvalue weighted by Gasteiger charge is -2.46. The Morgan fingerprint density at radius 1 is 1.24 bits per heavy atom. The molecule has 3 amide bonds. The third-order valence-corrected chi connectivity index (χ3v) is 4.74. The number of amides is 3. The molecule has 1 saturated carbocycles. The predicted molar refractivity (Wildman–Crippen MR) is 77.7 cm³/mol. The van der Waals surface area contributed by atoms with E-state index in [0.717, 1.165) is 0 Å². The molecule has 0 heterocycles. The zero-order valence-corrected chi connectivity index (χ0v) is 13.0. The van der Waals surface area contributed by atoms with Crippen molar-refractivity contribution >= 4 is 17.9 Å². The van der Waals surface area contributed by atoms with Crippen LogP contribution in [0, 0.1) is 17.3 Å². The molecule has 0 radical (unpaired) electrons. The zero-order valence-electron chi connectivity index (χ0n) is 13.0. The fourth-order valence-corrected chi connectivity index (χ4v) is 2.91. The molecule has 0 spiro atoms. The van der Waals surface area contributed by atoms with Crippen molar-refractivity contribution < 1.29 is 19.5 Å². The third-order valence-electron chi connectivity index (χ3n) is 4.74. The Balaban J connectivity index is 2.60. The maximum absolute atomic E-state index is 11.8. The summed E-state index contributed by atoms with van der Waals surface area (Å²) in [4.78, 5) is 34.2. The fourth-order valence-electron chi connectivity index (χ4n) is 2.91. The summed E-state index contributed by atoms with van der Waals surface area (Å²) < 4.78 is 0. The van der Waals surface area contributed by atoms with E-state index in [4.69, 9.17) is 0 Å². The molecule has 0 aromatic carbocycles. The summed E-state index contributed by atoms with van der Waals surface area (Å²) in [7, 11) is 1.50. The molecule has 3 unspecified atom stereocenters. The first-order valence-corrected chi connectivity index (χ1v) is 7.17. The number of carboxylic acid groups (broad SMARTS) is 1. The SMILES string of the molecule is CNC(=O)CNC(=O)NC1CCC(C(=O)O)C(C)(C)C1C. The summed E-state index contributed by atoms with van der Waals surface area (Å²) in [6.45, 7) is 5.73. The monoisotopic (exact) mass is 299 g/mol. The van der Waals surface area contributed by atoms with Gasteiger partial charge in [0.15, 0.2) is 0 Å². The van der Waals surface area contributed by atoms with Gasteiger partial charge in [0.1, 0.15) is 0 Å². The Labute approximate surface area is 124 Å². The van der Waals surface area contributed by atoms with Crippen LogP contribution in [0.2, 0.25) is 0 Å². The van der Waals surface area contributed by atoms with Gasteiger partial charge in [0.2, 0.25) is 5.91 Å². The van der Waals surface area contributed by atoms with E-state index >= 15 is 0 Å². The van der Waals surface area contributed by atoms with E-state index in [1.54, 1.807) is 0 Å². The van der Waals surface area contributed by atoms with Crippen molar-refractivity contribution in [3.05, 3.63) is 0 Å². The molecular formula is C14H25N3O4. The predicted octanol–water partition coefficient (Wildman–Crippen LogP) is 0.557. The van der Waals surface area contributed by atoms with Crippen molar-refractivity contribution in [2.75, 3.05) is 13.6 Å². The standard InChI is InChI=1S/C14H25N3O4/c1-8-10(17-13(21)16-7-11(18)15-4)6-5-9(12(19)20)14(8,2)3/h8-10H,5-7H2,1-4H3,(H,15,18)(H,19,20)(H2,16,17,21). The highest BCUT2D eigenvalue weighted by Crippen LogP contribution is 2.44. The molecule has 0 aromatic heterocycles. The molecule has 0 bridgehead atoms. The smallest absolute Gasteiger partial charge is 0.315 e. The summed E-state index contributed by atoms with van der Waals surface area (Å²) in [6, 6.07) is -0.500. The van der Waals surface area contributed by atoms with Gasteiger partial charge in [-0.3, -0.25) is 9.59 Å². The van der Waals surface area contributed by atoms with Gasteiger partial charge in [0.05, 0.1) is 12.5 Å². The minimum Gasteiger partial charge on any atom is -0.481 e. The summed E-state index contributed by atoms with van der Waals surface area (Å²) in [5.74, 6) is -1.43. The van der Waals surface area contributed by atoms with Gasteiger partial charge in [-0.2, -0.15) is 0 Å². The van der Waals surface area contributed by atoms with Crippen LogP contribution in [0.3, 0.4) is 0 Å². The molecule has 3 atom stereocenters. The van der Waals surface area contributed by atoms with Gasteiger partial charge in [-0.25, -0.2) is 4.79 Å². The van der Waals surface area contributed by atoms with E-state index in [1.807, 2.05) is 20.8 Å². The van der Waals surface area contributed by atoms with Crippen LogP contribution in [-0.2, 0) is 9.59 Å². The van der Waals surface area contributed by atoms with Gasteiger partial charge in [0.25, 0.3) is 0 Å². The van der Waals surface area contributed by atoms with Gasteiger partial charge in [0, 0.05) is 13.1 Å². The van der Waals surface area contributed by atoms with Crippen LogP contribution < -0.4 is 16.0 Å². The topological polar surface area (TPSA) is 108 Å². The summed E-state index contributed by atoms with van der Waals surface area (Å²) >= 11 is 0. The van der Waals surface area contributed by atoms with Crippen molar-refractivity contribution in [1.82, 2.24) is 16.0 Å². The second-order valence-electron chi connectivity index (χ2n) is 6.18. The minimum atomic E-state index is -0.783. The average Bonchev–Trinajstić information content (AvgIpc) is 2.40. The number of carbonyl (C=O) groups is 3. The van der Waals surface area contributed by atoms with Crippen molar-refractivity contribution in [3.8, 4) is 0 Å². The van der Waals surface area contributed by atoms with Crippen molar-refractivity contribution in [2.45, 2.75) is 39.7 Å². The molecule has 0 aliphatic heterocycles. The summed E-state index contributed by atoms with van der Waals surface area (Å²) in [5.41, 5.74) is -0.400. The number of urea groups is 1. The van der Waals surface area contributed by atoms with E-state index in [0.29, 0.717) is 12.8 Å². The van der Waals surface area contributed by atoms with Gasteiger partial charge < -0.3 is 21.1 Å². The number of likely N-dealkylation sites (N-methyl/N-ethyl adjacent to an activating group) is 1. The highest BCUT2D eigenvalue weighted by atomic mass is 16.4. The van der Waals surface area contributed by atoms with Crippen LogP contribution >= 0.6 is 0 Å². The first kappa shape index (κ1) is 17.3. The normalized spacial score (nSPS) is 27.5. The maximum atomic E-state index is 11.8. The molecule has 7 heteroatoms. The largest absolute Gasteiger partial charge is 0.481 e. The Morgan fingerprint density at radius 3 is 2.38 bits per heavy atom. The van der Waals surface area contributed by atoms with Crippen molar-refractivity contribution in [2.24, 2.45) is 17.3 Å². The molecule has 21 heavy (non-hydrogen) atoms. The van der Waals surface area contributed by atoms with Crippen LogP contribution in [-0.4, -0.2) is 42.6 Å². The number of carboxylic acids is 1. The maximum Gasteiger partial charge on any atom is 0.315 e. The molecule has 0 aromatic rings. The zero-order chi connectivity index (χ0) is 16.2. The van der Waals surface area contributed by atoms with Crippen LogP contribution in [0.1, 0.15) is 33.6 Å². The van der Waals surface area contributed by atoms with Crippen LogP contribution in [0.25, 0.3) is 0 Å². The minimum absolute atomic E-state index is 0.0260. The van der Waals surface area contributed by atoms with Gasteiger partial charge >= 0.3 is 12.0 Å². The van der Waals surface area contributed by atoms with E-state index in [2.05, 4.69) is 16.0 Å².